The van der Waals surface area contributed by atoms with E-state index in [1.165, 1.54) is 10.9 Å². The van der Waals surface area contributed by atoms with Gasteiger partial charge in [0, 0.05) is 11.9 Å². The fraction of sp³-hybridized carbons (Fsp3) is 0.125. The Morgan fingerprint density at radius 1 is 1.15 bits per heavy atom. The Kier molecular flexibility index (Phi) is 3.04. The van der Waals surface area contributed by atoms with E-state index in [1.807, 2.05) is 31.2 Å². The second-order valence-electron chi connectivity index (χ2n) is 5.77. The molecule has 4 heterocycles. The smallest absolute Gasteiger partial charge is 0.274 e. The van der Waals surface area contributed by atoms with E-state index < -0.39 is 0 Å². The molecule has 0 saturated carbocycles. The third-order valence-electron chi connectivity index (χ3n) is 4.34. The number of aryl methyl sites for hydroxylation is 1. The highest BCUT2D eigenvalue weighted by Crippen LogP contribution is 2.26. The predicted molar refractivity (Wildman–Crippen MR) is 98.9 cm³/mol. The Morgan fingerprint density at radius 2 is 2.00 bits per heavy atom. The van der Waals surface area contributed by atoms with Crippen molar-refractivity contribution < 1.29 is 0 Å². The van der Waals surface area contributed by atoms with Crippen LogP contribution in [0.3, 0.4) is 0 Å². The van der Waals surface area contributed by atoms with Crippen molar-refractivity contribution in [3.05, 3.63) is 45.6 Å². The van der Waals surface area contributed by atoms with Gasteiger partial charge in [-0.05, 0) is 25.2 Å². The summed E-state index contributed by atoms with van der Waals surface area (Å²) in [5, 5.41) is 14.2. The summed E-state index contributed by atoms with van der Waals surface area (Å²) in [4.78, 5) is 22.1. The Hall–Kier alpha value is -3.40. The standard InChI is InChI=1S/C16H12N8OS/c1-2-23-10-6-4-3-5-8(10)11-13(23)18-15(22-21-11)24-12-9(7-17-24)14(25)20-16(26)19-12/h3-7H,2H2,1H3,(H2,19,20,25,26). The summed E-state index contributed by atoms with van der Waals surface area (Å²) in [6.45, 7) is 2.79. The summed E-state index contributed by atoms with van der Waals surface area (Å²) < 4.78 is 3.72. The third-order valence-corrected chi connectivity index (χ3v) is 4.55. The van der Waals surface area contributed by atoms with Crippen LogP contribution in [0.25, 0.3) is 39.0 Å². The maximum Gasteiger partial charge on any atom is 0.274 e. The Labute approximate surface area is 150 Å². The Bertz CT molecular complexity index is 1420. The number of hydrogen-bond donors (Lipinski definition) is 2. The lowest BCUT2D eigenvalue weighted by atomic mass is 10.2. The zero-order valence-corrected chi connectivity index (χ0v) is 14.4. The van der Waals surface area contributed by atoms with Crippen molar-refractivity contribution in [3.8, 4) is 5.95 Å². The number of benzene rings is 1. The molecule has 0 bridgehead atoms. The number of H-pyrrole nitrogens is 2. The average molecular weight is 364 g/mol. The van der Waals surface area contributed by atoms with Gasteiger partial charge in [-0.1, -0.05) is 18.2 Å². The molecule has 5 aromatic rings. The van der Waals surface area contributed by atoms with Gasteiger partial charge >= 0.3 is 0 Å². The minimum Gasteiger partial charge on any atom is -0.324 e. The first-order valence-electron chi connectivity index (χ1n) is 7.99. The lowest BCUT2D eigenvalue weighted by molar-refractivity contribution is 0.772. The van der Waals surface area contributed by atoms with Crippen molar-refractivity contribution in [1.29, 1.82) is 0 Å². The van der Waals surface area contributed by atoms with E-state index in [9.17, 15) is 4.79 Å². The van der Waals surface area contributed by atoms with E-state index in [0.29, 0.717) is 16.7 Å². The molecule has 0 aliphatic heterocycles. The maximum absolute atomic E-state index is 12.0. The molecule has 9 nitrogen and oxygen atoms in total. The number of hydrogen-bond acceptors (Lipinski definition) is 6. The molecular weight excluding hydrogens is 352 g/mol. The summed E-state index contributed by atoms with van der Waals surface area (Å²) in [6, 6.07) is 7.97. The van der Waals surface area contributed by atoms with E-state index in [1.54, 1.807) is 0 Å². The van der Waals surface area contributed by atoms with Crippen LogP contribution in [0.5, 0.6) is 0 Å². The SMILES string of the molecule is CCn1c2ccccc2c2nnc(-n3ncc4c(=O)[nH]c(=S)[nH]c43)nc21. The number of nitrogens with one attached hydrogen (secondary N) is 2. The van der Waals surface area contributed by atoms with Crippen LogP contribution >= 0.6 is 12.2 Å². The van der Waals surface area contributed by atoms with E-state index in [0.717, 1.165) is 23.0 Å². The second kappa shape index (κ2) is 5.30. The first kappa shape index (κ1) is 14.9. The van der Waals surface area contributed by atoms with Crippen molar-refractivity contribution in [2.75, 3.05) is 0 Å². The molecule has 0 saturated heterocycles. The average Bonchev–Trinajstić information content (AvgIpc) is 3.20. The van der Waals surface area contributed by atoms with Crippen molar-refractivity contribution in [2.24, 2.45) is 0 Å². The molecule has 0 atom stereocenters. The van der Waals surface area contributed by atoms with Gasteiger partial charge in [-0.15, -0.1) is 10.2 Å². The van der Waals surface area contributed by atoms with Crippen LogP contribution in [0, 0.1) is 4.77 Å². The normalized spacial score (nSPS) is 11.7. The number of para-hydroxylation sites is 1. The highest BCUT2D eigenvalue weighted by molar-refractivity contribution is 7.71. The maximum atomic E-state index is 12.0. The van der Waals surface area contributed by atoms with E-state index in [2.05, 4.69) is 34.8 Å². The molecule has 0 spiro atoms. The van der Waals surface area contributed by atoms with Gasteiger partial charge in [-0.2, -0.15) is 14.8 Å². The fourth-order valence-corrected chi connectivity index (χ4v) is 3.39. The van der Waals surface area contributed by atoms with Gasteiger partial charge in [0.25, 0.3) is 11.5 Å². The molecule has 0 amide bonds. The lowest BCUT2D eigenvalue weighted by Crippen LogP contribution is -2.10. The highest BCUT2D eigenvalue weighted by atomic mass is 32.1. The van der Waals surface area contributed by atoms with Gasteiger partial charge in [0.2, 0.25) is 0 Å². The molecular formula is C16H12N8OS. The van der Waals surface area contributed by atoms with Crippen LogP contribution < -0.4 is 5.56 Å². The number of rotatable bonds is 2. The van der Waals surface area contributed by atoms with Crippen LogP contribution in [-0.4, -0.2) is 39.5 Å². The summed E-state index contributed by atoms with van der Waals surface area (Å²) in [5.41, 5.74) is 2.61. The van der Waals surface area contributed by atoms with Gasteiger partial charge in [0.1, 0.15) is 10.9 Å². The molecule has 2 N–H and O–H groups in total. The quantitative estimate of drug-likeness (QED) is 0.464. The lowest BCUT2D eigenvalue weighted by Gasteiger charge is -2.03. The number of aromatic amines is 2. The summed E-state index contributed by atoms with van der Waals surface area (Å²) >= 11 is 5.05. The summed E-state index contributed by atoms with van der Waals surface area (Å²) in [5.74, 6) is 0.265. The van der Waals surface area contributed by atoms with Crippen LogP contribution in [0.1, 0.15) is 6.92 Å². The Morgan fingerprint density at radius 3 is 2.85 bits per heavy atom. The number of aromatic nitrogens is 8. The minimum absolute atomic E-state index is 0.209. The first-order valence-corrected chi connectivity index (χ1v) is 8.40. The van der Waals surface area contributed by atoms with E-state index in [4.69, 9.17) is 12.2 Å². The van der Waals surface area contributed by atoms with E-state index in [-0.39, 0.29) is 16.3 Å². The van der Waals surface area contributed by atoms with Crippen LogP contribution in [0.2, 0.25) is 0 Å². The summed E-state index contributed by atoms with van der Waals surface area (Å²) in [7, 11) is 0. The van der Waals surface area contributed by atoms with E-state index >= 15 is 0 Å². The van der Waals surface area contributed by atoms with Crippen molar-refractivity contribution in [1.82, 2.24) is 39.5 Å². The molecule has 0 unspecified atom stereocenters. The van der Waals surface area contributed by atoms with Crippen LogP contribution in [-0.2, 0) is 6.54 Å². The fourth-order valence-electron chi connectivity index (χ4n) is 3.20. The van der Waals surface area contributed by atoms with Gasteiger partial charge in [0.05, 0.1) is 11.7 Å². The zero-order valence-electron chi connectivity index (χ0n) is 13.6. The largest absolute Gasteiger partial charge is 0.324 e. The molecule has 0 radical (unpaired) electrons. The number of nitrogens with zero attached hydrogens (tertiary/aromatic N) is 6. The van der Waals surface area contributed by atoms with Gasteiger partial charge < -0.3 is 9.55 Å². The van der Waals surface area contributed by atoms with Gasteiger partial charge in [-0.25, -0.2) is 0 Å². The third kappa shape index (κ3) is 1.96. The van der Waals surface area contributed by atoms with Crippen molar-refractivity contribution in [2.45, 2.75) is 13.5 Å². The van der Waals surface area contributed by atoms with Crippen LogP contribution in [0.15, 0.2) is 35.3 Å². The minimum atomic E-state index is -0.313. The Balaban J connectivity index is 1.85. The molecule has 0 aliphatic carbocycles. The molecule has 5 rings (SSSR count). The molecule has 0 fully saturated rings. The van der Waals surface area contributed by atoms with Gasteiger partial charge in [-0.3, -0.25) is 9.78 Å². The molecule has 0 aliphatic rings. The molecule has 10 heteroatoms. The number of fused-ring (bicyclic) bond motifs is 4. The highest BCUT2D eigenvalue weighted by Gasteiger charge is 2.16. The first-order chi connectivity index (χ1) is 12.7. The van der Waals surface area contributed by atoms with Crippen molar-refractivity contribution >= 4 is 45.3 Å². The molecule has 4 aromatic heterocycles. The molecule has 1 aromatic carbocycles. The van der Waals surface area contributed by atoms with Crippen LogP contribution in [0.4, 0.5) is 0 Å². The predicted octanol–water partition coefficient (Wildman–Crippen LogP) is 2.08. The van der Waals surface area contributed by atoms with Gasteiger partial charge in [0.15, 0.2) is 16.1 Å². The summed E-state index contributed by atoms with van der Waals surface area (Å²) in [6.07, 6.45) is 1.45. The second-order valence-corrected chi connectivity index (χ2v) is 6.18. The van der Waals surface area contributed by atoms with Crippen molar-refractivity contribution in [3.63, 3.8) is 0 Å². The molecule has 26 heavy (non-hydrogen) atoms. The molecule has 128 valence electrons. The monoisotopic (exact) mass is 364 g/mol. The zero-order chi connectivity index (χ0) is 17.8. The topological polar surface area (TPSA) is 110 Å².